The van der Waals surface area contributed by atoms with Crippen LogP contribution in [0.25, 0.3) is 5.70 Å². The molecule has 1 aliphatic carbocycles. The van der Waals surface area contributed by atoms with Crippen LogP contribution in [0.15, 0.2) is 23.5 Å². The van der Waals surface area contributed by atoms with Crippen LogP contribution in [0.5, 0.6) is 0 Å². The van der Waals surface area contributed by atoms with Gasteiger partial charge in [0.25, 0.3) is 0 Å². The number of halogens is 1. The fraction of sp³-hybridized carbons (Fsp3) is 0.652. The lowest BCUT2D eigenvalue weighted by atomic mass is 9.86. The Balaban J connectivity index is 1.48. The van der Waals surface area contributed by atoms with Crippen molar-refractivity contribution >= 4 is 28.8 Å². The van der Waals surface area contributed by atoms with Gasteiger partial charge in [-0.25, -0.2) is 4.98 Å². The van der Waals surface area contributed by atoms with Crippen LogP contribution in [-0.2, 0) is 4.74 Å². The Kier molecular flexibility index (Phi) is 7.48. The molecule has 2 aliphatic heterocycles. The minimum Gasteiger partial charge on any atom is -0.381 e. The summed E-state index contributed by atoms with van der Waals surface area (Å²) in [6.07, 6.45) is 11.0. The van der Waals surface area contributed by atoms with Crippen molar-refractivity contribution in [1.29, 1.82) is 0 Å². The topological polar surface area (TPSA) is 102 Å². The van der Waals surface area contributed by atoms with E-state index in [1.807, 2.05) is 19.3 Å². The molecule has 5 N–H and O–H groups in total. The third-order valence-electron chi connectivity index (χ3n) is 6.99. The Morgan fingerprint density at radius 1 is 1.16 bits per heavy atom. The van der Waals surface area contributed by atoms with Gasteiger partial charge in [0.2, 0.25) is 0 Å². The summed E-state index contributed by atoms with van der Waals surface area (Å²) in [5.74, 6) is 2.09. The minimum absolute atomic E-state index is 0.255. The summed E-state index contributed by atoms with van der Waals surface area (Å²) in [6, 6.07) is 2.44. The molecule has 1 atom stereocenters. The molecule has 1 aromatic rings. The zero-order chi connectivity index (χ0) is 21.8. The second kappa shape index (κ2) is 10.3. The zero-order valence-corrected chi connectivity index (χ0v) is 19.2. The van der Waals surface area contributed by atoms with Crippen molar-refractivity contribution in [3.05, 3.63) is 29.0 Å². The monoisotopic (exact) mass is 446 g/mol. The van der Waals surface area contributed by atoms with Crippen LogP contribution < -0.4 is 16.8 Å². The zero-order valence-electron chi connectivity index (χ0n) is 18.4. The van der Waals surface area contributed by atoms with E-state index < -0.39 is 0 Å². The largest absolute Gasteiger partial charge is 0.381 e. The van der Waals surface area contributed by atoms with Crippen LogP contribution in [-0.4, -0.2) is 54.6 Å². The Hall–Kier alpha value is -1.67. The molecule has 1 saturated heterocycles. The summed E-state index contributed by atoms with van der Waals surface area (Å²) >= 11 is 6.54. The predicted octanol–water partition coefficient (Wildman–Crippen LogP) is 3.45. The number of aromatic nitrogens is 1. The molecular weight excluding hydrogens is 412 g/mol. The SMILES string of the molecule is CN1C(c2cc(NC3CCC(CN)CC3)ncc2Cl)=CN=C(CC2CCOCC2)C1N. The van der Waals surface area contributed by atoms with Gasteiger partial charge in [-0.3, -0.25) is 4.99 Å². The fourth-order valence-corrected chi connectivity index (χ4v) is 5.03. The predicted molar refractivity (Wildman–Crippen MR) is 127 cm³/mol. The van der Waals surface area contributed by atoms with Gasteiger partial charge < -0.3 is 26.4 Å². The van der Waals surface area contributed by atoms with Gasteiger partial charge in [-0.2, -0.15) is 0 Å². The first-order valence-electron chi connectivity index (χ1n) is 11.5. The van der Waals surface area contributed by atoms with Crippen molar-refractivity contribution < 1.29 is 4.74 Å². The van der Waals surface area contributed by atoms with Crippen molar-refractivity contribution in [2.45, 2.75) is 57.2 Å². The van der Waals surface area contributed by atoms with Crippen molar-refractivity contribution in [3.8, 4) is 0 Å². The molecule has 3 heterocycles. The number of nitrogens with two attached hydrogens (primary N) is 2. The van der Waals surface area contributed by atoms with Crippen LogP contribution in [0, 0.1) is 11.8 Å². The van der Waals surface area contributed by atoms with Gasteiger partial charge in [0.05, 0.1) is 22.6 Å². The Morgan fingerprint density at radius 2 is 1.90 bits per heavy atom. The number of hydrogen-bond donors (Lipinski definition) is 3. The van der Waals surface area contributed by atoms with Gasteiger partial charge in [0.15, 0.2) is 0 Å². The highest BCUT2D eigenvalue weighted by Gasteiger charge is 2.28. The third kappa shape index (κ3) is 5.40. The second-order valence-corrected chi connectivity index (χ2v) is 9.50. The highest BCUT2D eigenvalue weighted by Crippen LogP contribution is 2.32. The number of rotatable bonds is 6. The molecule has 0 bridgehead atoms. The van der Waals surface area contributed by atoms with Crippen molar-refractivity contribution in [2.24, 2.45) is 28.3 Å². The van der Waals surface area contributed by atoms with Crippen molar-refractivity contribution in [2.75, 3.05) is 32.1 Å². The minimum atomic E-state index is -0.255. The number of aliphatic imine (C=N–C) groups is 1. The molecule has 7 nitrogen and oxygen atoms in total. The van der Waals surface area contributed by atoms with Crippen LogP contribution >= 0.6 is 11.6 Å². The normalized spacial score (nSPS) is 27.6. The van der Waals surface area contributed by atoms with E-state index in [0.717, 1.165) is 74.7 Å². The average molecular weight is 447 g/mol. The highest BCUT2D eigenvalue weighted by molar-refractivity contribution is 6.32. The smallest absolute Gasteiger partial charge is 0.126 e. The molecule has 1 aromatic heterocycles. The molecule has 31 heavy (non-hydrogen) atoms. The molecule has 0 amide bonds. The summed E-state index contributed by atoms with van der Waals surface area (Å²) in [4.78, 5) is 11.3. The fourth-order valence-electron chi connectivity index (χ4n) is 4.83. The van der Waals surface area contributed by atoms with Gasteiger partial charge in [0, 0.05) is 38.1 Å². The van der Waals surface area contributed by atoms with Crippen LogP contribution in [0.1, 0.15) is 50.5 Å². The van der Waals surface area contributed by atoms with Gasteiger partial charge in [0.1, 0.15) is 12.0 Å². The number of nitrogens with one attached hydrogen (secondary N) is 1. The number of nitrogens with zero attached hydrogens (tertiary/aromatic N) is 3. The molecule has 0 spiro atoms. The molecule has 4 rings (SSSR count). The van der Waals surface area contributed by atoms with Crippen LogP contribution in [0.2, 0.25) is 5.02 Å². The van der Waals surface area contributed by atoms with Gasteiger partial charge in [-0.05, 0) is 69.4 Å². The van der Waals surface area contributed by atoms with Gasteiger partial charge in [-0.1, -0.05) is 11.6 Å². The third-order valence-corrected chi connectivity index (χ3v) is 7.29. The van der Waals surface area contributed by atoms with Crippen molar-refractivity contribution in [3.63, 3.8) is 0 Å². The lowest BCUT2D eigenvalue weighted by Gasteiger charge is -2.35. The Labute approximate surface area is 190 Å². The lowest BCUT2D eigenvalue weighted by Crippen LogP contribution is -2.47. The number of pyridine rings is 1. The molecule has 2 fully saturated rings. The van der Waals surface area contributed by atoms with E-state index in [2.05, 4.69) is 15.2 Å². The summed E-state index contributed by atoms with van der Waals surface area (Å²) in [5, 5.41) is 4.19. The van der Waals surface area contributed by atoms with Crippen LogP contribution in [0.4, 0.5) is 5.82 Å². The highest BCUT2D eigenvalue weighted by atomic mass is 35.5. The molecule has 1 saturated carbocycles. The lowest BCUT2D eigenvalue weighted by molar-refractivity contribution is 0.0681. The van der Waals surface area contributed by atoms with E-state index >= 15 is 0 Å². The molecule has 170 valence electrons. The maximum Gasteiger partial charge on any atom is 0.126 e. The first kappa shape index (κ1) is 22.5. The number of hydrogen-bond acceptors (Lipinski definition) is 7. The van der Waals surface area contributed by atoms with E-state index in [4.69, 9.17) is 32.8 Å². The first-order valence-corrected chi connectivity index (χ1v) is 11.9. The summed E-state index contributed by atoms with van der Waals surface area (Å²) < 4.78 is 5.48. The molecule has 1 unspecified atom stereocenters. The Bertz CT molecular complexity index is 814. The summed E-state index contributed by atoms with van der Waals surface area (Å²) in [7, 11) is 2.01. The van der Waals surface area contributed by atoms with E-state index in [1.165, 1.54) is 12.8 Å². The molecule has 0 radical (unpaired) electrons. The maximum atomic E-state index is 6.57. The molecule has 0 aromatic carbocycles. The summed E-state index contributed by atoms with van der Waals surface area (Å²) in [6.45, 7) is 2.45. The molecule has 8 heteroatoms. The van der Waals surface area contributed by atoms with Gasteiger partial charge in [-0.15, -0.1) is 0 Å². The molecular formula is C23H35ClN6O. The molecule has 3 aliphatic rings. The first-order chi connectivity index (χ1) is 15.0. The number of ether oxygens (including phenoxy) is 1. The number of anilines is 1. The second-order valence-electron chi connectivity index (χ2n) is 9.10. The summed E-state index contributed by atoms with van der Waals surface area (Å²) in [5.41, 5.74) is 15.2. The quantitative estimate of drug-likeness (QED) is 0.618. The van der Waals surface area contributed by atoms with E-state index in [-0.39, 0.29) is 6.17 Å². The van der Waals surface area contributed by atoms with E-state index in [1.54, 1.807) is 6.20 Å². The van der Waals surface area contributed by atoms with Gasteiger partial charge >= 0.3 is 0 Å². The van der Waals surface area contributed by atoms with Crippen LogP contribution in [0.3, 0.4) is 0 Å². The average Bonchev–Trinajstić information content (AvgIpc) is 2.80. The Morgan fingerprint density at radius 3 is 2.61 bits per heavy atom. The van der Waals surface area contributed by atoms with Crippen molar-refractivity contribution in [1.82, 2.24) is 9.88 Å². The maximum absolute atomic E-state index is 6.57. The van der Waals surface area contributed by atoms with E-state index in [0.29, 0.717) is 22.9 Å². The standard InChI is InChI=1S/C23H35ClN6O/c1-30-21(14-27-20(23(30)26)10-15-6-8-31-9-7-15)18-11-22(28-13-19(18)24)29-17-4-2-16(12-25)3-5-17/h11,13-17,23H,2-10,12,25-26H2,1H3,(H,28,29). The van der Waals surface area contributed by atoms with E-state index in [9.17, 15) is 0 Å².